The van der Waals surface area contributed by atoms with E-state index < -0.39 is 35.1 Å². The maximum atomic E-state index is 12.6. The second-order valence-electron chi connectivity index (χ2n) is 4.47. The molecule has 0 spiro atoms. The molecule has 0 atom stereocenters. The van der Waals surface area contributed by atoms with Gasteiger partial charge < -0.3 is 16.2 Å². The highest BCUT2D eigenvalue weighted by Crippen LogP contribution is 2.40. The van der Waals surface area contributed by atoms with Crippen molar-refractivity contribution in [2.75, 3.05) is 5.32 Å². The number of primary amides is 1. The molecule has 6 nitrogen and oxygen atoms in total. The number of pyridine rings is 1. The zero-order valence-electron chi connectivity index (χ0n) is 9.99. The number of amides is 1. The Morgan fingerprint density at radius 1 is 1.35 bits per heavy atom. The molecule has 4 N–H and O–H groups in total. The zero-order valence-corrected chi connectivity index (χ0v) is 9.99. The van der Waals surface area contributed by atoms with Crippen LogP contribution < -0.4 is 11.1 Å². The van der Waals surface area contributed by atoms with E-state index >= 15 is 0 Å². The van der Waals surface area contributed by atoms with Gasteiger partial charge in [-0.1, -0.05) is 0 Å². The van der Waals surface area contributed by atoms with Crippen LogP contribution in [0.1, 0.15) is 28.9 Å². The van der Waals surface area contributed by atoms with Crippen molar-refractivity contribution in [1.29, 1.82) is 0 Å². The molecular weight excluding hydrogens is 279 g/mol. The number of hydrogen-bond acceptors (Lipinski definition) is 4. The summed E-state index contributed by atoms with van der Waals surface area (Å²) in [5.74, 6) is -2.67. The van der Waals surface area contributed by atoms with Gasteiger partial charge in [-0.2, -0.15) is 13.2 Å². The molecule has 20 heavy (non-hydrogen) atoms. The molecule has 1 heterocycles. The fourth-order valence-electron chi connectivity index (χ4n) is 1.66. The maximum absolute atomic E-state index is 12.6. The van der Waals surface area contributed by atoms with E-state index in [0.29, 0.717) is 6.07 Å². The van der Waals surface area contributed by atoms with Crippen LogP contribution >= 0.6 is 0 Å². The third kappa shape index (κ3) is 2.51. The molecule has 1 fully saturated rings. The fourth-order valence-corrected chi connectivity index (χ4v) is 1.66. The van der Waals surface area contributed by atoms with E-state index in [-0.39, 0.29) is 18.4 Å². The maximum Gasteiger partial charge on any atom is 0.433 e. The van der Waals surface area contributed by atoms with Crippen molar-refractivity contribution in [3.63, 3.8) is 0 Å². The summed E-state index contributed by atoms with van der Waals surface area (Å²) in [7, 11) is 0. The SMILES string of the molecule is NC(=O)c1ccc(C(F)(F)F)nc1NC1(C(=O)O)CC1. The first-order chi connectivity index (χ1) is 9.16. The number of nitrogens with zero attached hydrogens (tertiary/aromatic N) is 1. The summed E-state index contributed by atoms with van der Waals surface area (Å²) in [6, 6.07) is 1.49. The van der Waals surface area contributed by atoms with Crippen molar-refractivity contribution in [3.8, 4) is 0 Å². The Hall–Kier alpha value is -2.32. The number of halogens is 3. The second kappa shape index (κ2) is 4.36. The Labute approximate surface area is 110 Å². The molecule has 9 heteroatoms. The van der Waals surface area contributed by atoms with E-state index in [1.807, 2.05) is 0 Å². The van der Waals surface area contributed by atoms with Crippen LogP contribution in [-0.4, -0.2) is 27.5 Å². The molecule has 0 aliphatic heterocycles. The third-order valence-corrected chi connectivity index (χ3v) is 2.97. The van der Waals surface area contributed by atoms with Gasteiger partial charge in [-0.3, -0.25) is 4.79 Å². The lowest BCUT2D eigenvalue weighted by atomic mass is 10.2. The minimum atomic E-state index is -4.70. The van der Waals surface area contributed by atoms with Crippen molar-refractivity contribution < 1.29 is 27.9 Å². The first kappa shape index (κ1) is 14.1. The van der Waals surface area contributed by atoms with Crippen molar-refractivity contribution in [2.24, 2.45) is 5.73 Å². The molecule has 108 valence electrons. The van der Waals surface area contributed by atoms with E-state index in [1.165, 1.54) is 0 Å². The molecule has 1 aromatic rings. The standard InChI is InChI=1S/C11H10F3N3O3/c12-11(13,14)6-2-1-5(7(15)18)8(16-6)17-10(3-4-10)9(19)20/h1-2H,3-4H2,(H2,15,18)(H,16,17)(H,19,20). The highest BCUT2D eigenvalue weighted by atomic mass is 19.4. The van der Waals surface area contributed by atoms with Crippen molar-refractivity contribution in [1.82, 2.24) is 4.98 Å². The number of aromatic nitrogens is 1. The van der Waals surface area contributed by atoms with Crippen molar-refractivity contribution in [3.05, 3.63) is 23.4 Å². The molecule has 0 radical (unpaired) electrons. The number of anilines is 1. The Morgan fingerprint density at radius 3 is 2.35 bits per heavy atom. The zero-order chi connectivity index (χ0) is 15.1. The smallest absolute Gasteiger partial charge is 0.433 e. The average molecular weight is 289 g/mol. The van der Waals surface area contributed by atoms with Gasteiger partial charge in [0, 0.05) is 0 Å². The molecule has 0 aromatic carbocycles. The molecule has 1 saturated carbocycles. The van der Waals surface area contributed by atoms with Gasteiger partial charge in [0.2, 0.25) is 0 Å². The average Bonchev–Trinajstić information content (AvgIpc) is 3.08. The van der Waals surface area contributed by atoms with Crippen molar-refractivity contribution in [2.45, 2.75) is 24.6 Å². The summed E-state index contributed by atoms with van der Waals surface area (Å²) < 4.78 is 37.8. The predicted octanol–water partition coefficient (Wildman–Crippen LogP) is 1.23. The van der Waals surface area contributed by atoms with E-state index in [1.54, 1.807) is 0 Å². The summed E-state index contributed by atoms with van der Waals surface area (Å²) >= 11 is 0. The number of hydrogen-bond donors (Lipinski definition) is 3. The largest absolute Gasteiger partial charge is 0.480 e. The number of nitrogens with two attached hydrogens (primary N) is 1. The number of carbonyl (C=O) groups is 2. The van der Waals surface area contributed by atoms with Gasteiger partial charge in [-0.25, -0.2) is 9.78 Å². The van der Waals surface area contributed by atoms with E-state index in [4.69, 9.17) is 10.8 Å². The second-order valence-corrected chi connectivity index (χ2v) is 4.47. The van der Waals surface area contributed by atoms with Gasteiger partial charge in [0.25, 0.3) is 5.91 Å². The number of carboxylic acid groups (broad SMARTS) is 1. The van der Waals surface area contributed by atoms with Crippen LogP contribution in [0.3, 0.4) is 0 Å². The molecule has 1 aliphatic rings. The lowest BCUT2D eigenvalue weighted by Gasteiger charge is -2.16. The molecule has 0 bridgehead atoms. The van der Waals surface area contributed by atoms with Crippen LogP contribution in [-0.2, 0) is 11.0 Å². The quantitative estimate of drug-likeness (QED) is 0.773. The van der Waals surface area contributed by atoms with Gasteiger partial charge in [0.15, 0.2) is 0 Å². The molecule has 1 aromatic heterocycles. The van der Waals surface area contributed by atoms with Crippen LogP contribution in [0.2, 0.25) is 0 Å². The Balaban J connectivity index is 2.43. The minimum Gasteiger partial charge on any atom is -0.480 e. The number of rotatable bonds is 4. The van der Waals surface area contributed by atoms with Crippen LogP contribution in [0.25, 0.3) is 0 Å². The first-order valence-corrected chi connectivity index (χ1v) is 5.55. The number of carbonyl (C=O) groups excluding carboxylic acids is 1. The number of carboxylic acids is 1. The first-order valence-electron chi connectivity index (χ1n) is 5.55. The lowest BCUT2D eigenvalue weighted by Crippen LogP contribution is -2.33. The molecule has 1 amide bonds. The highest BCUT2D eigenvalue weighted by Gasteiger charge is 2.51. The normalized spacial score (nSPS) is 16.6. The lowest BCUT2D eigenvalue weighted by molar-refractivity contribution is -0.141. The van der Waals surface area contributed by atoms with Gasteiger partial charge in [0.05, 0.1) is 5.56 Å². The number of aliphatic carboxylic acids is 1. The number of alkyl halides is 3. The van der Waals surface area contributed by atoms with E-state index in [0.717, 1.165) is 6.07 Å². The van der Waals surface area contributed by atoms with Gasteiger partial charge in [-0.15, -0.1) is 0 Å². The Morgan fingerprint density at radius 2 is 1.95 bits per heavy atom. The molecule has 1 aliphatic carbocycles. The van der Waals surface area contributed by atoms with E-state index in [9.17, 15) is 22.8 Å². The summed E-state index contributed by atoms with van der Waals surface area (Å²) in [5, 5.41) is 11.4. The summed E-state index contributed by atoms with van der Waals surface area (Å²) in [6.07, 6.45) is -4.23. The summed E-state index contributed by atoms with van der Waals surface area (Å²) in [5.41, 5.74) is 2.15. The molecular formula is C11H10F3N3O3. The third-order valence-electron chi connectivity index (χ3n) is 2.97. The number of nitrogens with one attached hydrogen (secondary N) is 1. The van der Waals surface area contributed by atoms with Crippen LogP contribution in [0.5, 0.6) is 0 Å². The van der Waals surface area contributed by atoms with E-state index in [2.05, 4.69) is 10.3 Å². The van der Waals surface area contributed by atoms with Crippen LogP contribution in [0.4, 0.5) is 19.0 Å². The highest BCUT2D eigenvalue weighted by molar-refractivity contribution is 5.98. The molecule has 0 unspecified atom stereocenters. The van der Waals surface area contributed by atoms with Crippen molar-refractivity contribution >= 4 is 17.7 Å². The Kier molecular flexibility index (Phi) is 3.07. The summed E-state index contributed by atoms with van der Waals surface area (Å²) in [4.78, 5) is 25.5. The van der Waals surface area contributed by atoms with Gasteiger partial charge in [0.1, 0.15) is 17.1 Å². The molecule has 2 rings (SSSR count). The Bertz CT molecular complexity index is 582. The van der Waals surface area contributed by atoms with Crippen LogP contribution in [0.15, 0.2) is 12.1 Å². The molecule has 0 saturated heterocycles. The van der Waals surface area contributed by atoms with Gasteiger partial charge in [-0.05, 0) is 25.0 Å². The topological polar surface area (TPSA) is 105 Å². The predicted molar refractivity (Wildman–Crippen MR) is 61.0 cm³/mol. The van der Waals surface area contributed by atoms with Gasteiger partial charge >= 0.3 is 12.1 Å². The monoisotopic (exact) mass is 289 g/mol. The van der Waals surface area contributed by atoms with Crippen LogP contribution in [0, 0.1) is 0 Å². The minimum absolute atomic E-state index is 0.235. The summed E-state index contributed by atoms with van der Waals surface area (Å²) in [6.45, 7) is 0. The fraction of sp³-hybridized carbons (Fsp3) is 0.364.